The molecule has 26 heavy (non-hydrogen) atoms. The maximum Gasteiger partial charge on any atom is 0.191 e. The highest BCUT2D eigenvalue weighted by atomic mass is 32.2. The highest BCUT2D eigenvalue weighted by Gasteiger charge is 2.25. The molecule has 0 bridgehead atoms. The van der Waals surface area contributed by atoms with E-state index in [9.17, 15) is 0 Å². The predicted molar refractivity (Wildman–Crippen MR) is 116 cm³/mol. The lowest BCUT2D eigenvalue weighted by atomic mass is 9.97. The molecule has 1 fully saturated rings. The van der Waals surface area contributed by atoms with Crippen molar-refractivity contribution in [3.8, 4) is 0 Å². The average molecular weight is 377 g/mol. The van der Waals surface area contributed by atoms with Gasteiger partial charge in [-0.1, -0.05) is 30.3 Å². The van der Waals surface area contributed by atoms with Gasteiger partial charge in [-0.25, -0.2) is 0 Å². The molecule has 146 valence electrons. The van der Waals surface area contributed by atoms with Crippen molar-refractivity contribution < 1.29 is 0 Å². The Morgan fingerprint density at radius 1 is 1.27 bits per heavy atom. The Morgan fingerprint density at radius 3 is 2.77 bits per heavy atom. The number of piperidine rings is 1. The molecule has 5 heteroatoms. The largest absolute Gasteiger partial charge is 0.357 e. The molecule has 0 saturated carbocycles. The second kappa shape index (κ2) is 12.2. The van der Waals surface area contributed by atoms with Crippen molar-refractivity contribution in [2.75, 3.05) is 31.6 Å². The summed E-state index contributed by atoms with van der Waals surface area (Å²) in [5, 5.41) is 7.08. The fourth-order valence-electron chi connectivity index (χ4n) is 3.47. The van der Waals surface area contributed by atoms with Crippen LogP contribution in [0.1, 0.15) is 45.1 Å². The van der Waals surface area contributed by atoms with E-state index in [1.807, 2.05) is 11.8 Å². The first-order chi connectivity index (χ1) is 12.7. The standard InChI is InChI=1S/C21H36N4S/c1-4-22-21(23-13-8-9-15-26-3)24-20-12-14-25(18(2)16-20)17-19-10-6-5-7-11-19/h5-7,10-11,18,20H,4,8-9,12-17H2,1-3H3,(H2,22,23,24). The monoisotopic (exact) mass is 376 g/mol. The van der Waals surface area contributed by atoms with Crippen LogP contribution in [0.2, 0.25) is 0 Å². The highest BCUT2D eigenvalue weighted by Crippen LogP contribution is 2.19. The molecule has 1 heterocycles. The van der Waals surface area contributed by atoms with Crippen molar-refractivity contribution in [2.24, 2.45) is 4.99 Å². The molecule has 2 rings (SSSR count). The lowest BCUT2D eigenvalue weighted by Gasteiger charge is -2.38. The first-order valence-corrected chi connectivity index (χ1v) is 11.4. The van der Waals surface area contributed by atoms with Crippen molar-refractivity contribution in [1.82, 2.24) is 15.5 Å². The summed E-state index contributed by atoms with van der Waals surface area (Å²) in [6, 6.07) is 11.9. The number of rotatable bonds is 9. The minimum absolute atomic E-state index is 0.515. The Morgan fingerprint density at radius 2 is 2.08 bits per heavy atom. The summed E-state index contributed by atoms with van der Waals surface area (Å²) in [4.78, 5) is 7.36. The molecular weight excluding hydrogens is 340 g/mol. The zero-order valence-electron chi connectivity index (χ0n) is 16.7. The van der Waals surface area contributed by atoms with Gasteiger partial charge < -0.3 is 10.6 Å². The summed E-state index contributed by atoms with van der Waals surface area (Å²) in [6.07, 6.45) is 6.93. The Bertz CT molecular complexity index is 520. The Hall–Kier alpha value is -1.20. The summed E-state index contributed by atoms with van der Waals surface area (Å²) in [5.41, 5.74) is 1.41. The van der Waals surface area contributed by atoms with Gasteiger partial charge in [-0.05, 0) is 57.1 Å². The van der Waals surface area contributed by atoms with Gasteiger partial charge in [-0.3, -0.25) is 9.89 Å². The average Bonchev–Trinajstić information content (AvgIpc) is 2.65. The lowest BCUT2D eigenvalue weighted by molar-refractivity contribution is 0.134. The van der Waals surface area contributed by atoms with Crippen LogP contribution in [-0.2, 0) is 6.54 Å². The first kappa shape index (κ1) is 21.1. The van der Waals surface area contributed by atoms with Crippen LogP contribution in [0.3, 0.4) is 0 Å². The van der Waals surface area contributed by atoms with E-state index in [0.717, 1.165) is 32.1 Å². The van der Waals surface area contributed by atoms with E-state index in [1.165, 1.54) is 37.0 Å². The van der Waals surface area contributed by atoms with E-state index >= 15 is 0 Å². The van der Waals surface area contributed by atoms with Gasteiger partial charge in [0.2, 0.25) is 0 Å². The predicted octanol–water partition coefficient (Wildman–Crippen LogP) is 3.74. The van der Waals surface area contributed by atoms with E-state index in [2.05, 4.69) is 66.0 Å². The van der Waals surface area contributed by atoms with Crippen molar-refractivity contribution in [2.45, 2.75) is 58.2 Å². The number of guanidine groups is 1. The van der Waals surface area contributed by atoms with Crippen molar-refractivity contribution in [3.05, 3.63) is 35.9 Å². The first-order valence-electron chi connectivity index (χ1n) is 10.0. The fraction of sp³-hybridized carbons (Fsp3) is 0.667. The summed E-state index contributed by atoms with van der Waals surface area (Å²) in [5.74, 6) is 2.22. The van der Waals surface area contributed by atoms with Gasteiger partial charge >= 0.3 is 0 Å². The third kappa shape index (κ3) is 7.58. The van der Waals surface area contributed by atoms with E-state index in [-0.39, 0.29) is 0 Å². The van der Waals surface area contributed by atoms with Gasteiger partial charge in [0.1, 0.15) is 0 Å². The SMILES string of the molecule is CCNC(=NCCCCSC)NC1CCN(Cc2ccccc2)C(C)C1. The number of benzene rings is 1. The van der Waals surface area contributed by atoms with Crippen LogP contribution in [0.25, 0.3) is 0 Å². The van der Waals surface area contributed by atoms with Crippen molar-refractivity contribution in [1.29, 1.82) is 0 Å². The molecule has 0 radical (unpaired) electrons. The summed E-state index contributed by atoms with van der Waals surface area (Å²) < 4.78 is 0. The van der Waals surface area contributed by atoms with Gasteiger partial charge in [0, 0.05) is 38.3 Å². The van der Waals surface area contributed by atoms with E-state index in [1.54, 1.807) is 0 Å². The number of hydrogen-bond donors (Lipinski definition) is 2. The third-order valence-electron chi connectivity index (χ3n) is 4.95. The molecule has 2 N–H and O–H groups in total. The van der Waals surface area contributed by atoms with E-state index in [4.69, 9.17) is 4.99 Å². The lowest BCUT2D eigenvalue weighted by Crippen LogP contribution is -2.51. The molecule has 4 nitrogen and oxygen atoms in total. The van der Waals surface area contributed by atoms with Crippen LogP contribution in [0, 0.1) is 0 Å². The number of unbranched alkanes of at least 4 members (excludes halogenated alkanes) is 1. The molecule has 0 aromatic heterocycles. The number of aliphatic imine (C=N–C) groups is 1. The number of likely N-dealkylation sites (tertiary alicyclic amines) is 1. The number of nitrogens with zero attached hydrogens (tertiary/aromatic N) is 2. The summed E-state index contributed by atoms with van der Waals surface area (Å²) in [6.45, 7) is 8.51. The molecule has 1 aromatic carbocycles. The molecule has 0 amide bonds. The van der Waals surface area contributed by atoms with Crippen LogP contribution in [0.15, 0.2) is 35.3 Å². The Kier molecular flexibility index (Phi) is 9.93. The Balaban J connectivity index is 1.79. The summed E-state index contributed by atoms with van der Waals surface area (Å²) >= 11 is 1.92. The molecule has 0 spiro atoms. The number of thioether (sulfide) groups is 1. The number of nitrogens with one attached hydrogen (secondary N) is 2. The zero-order valence-corrected chi connectivity index (χ0v) is 17.5. The summed E-state index contributed by atoms with van der Waals surface area (Å²) in [7, 11) is 0. The van der Waals surface area contributed by atoms with Crippen LogP contribution in [0.5, 0.6) is 0 Å². The van der Waals surface area contributed by atoms with Gasteiger partial charge in [-0.2, -0.15) is 11.8 Å². The third-order valence-corrected chi connectivity index (χ3v) is 5.65. The molecule has 1 saturated heterocycles. The van der Waals surface area contributed by atoms with Crippen LogP contribution in [0.4, 0.5) is 0 Å². The van der Waals surface area contributed by atoms with Gasteiger partial charge in [0.25, 0.3) is 0 Å². The molecule has 1 aliphatic rings. The van der Waals surface area contributed by atoms with E-state index in [0.29, 0.717) is 12.1 Å². The minimum Gasteiger partial charge on any atom is -0.357 e. The van der Waals surface area contributed by atoms with Crippen molar-refractivity contribution in [3.63, 3.8) is 0 Å². The van der Waals surface area contributed by atoms with Crippen LogP contribution in [-0.4, -0.2) is 54.6 Å². The van der Waals surface area contributed by atoms with E-state index < -0.39 is 0 Å². The molecule has 0 aliphatic carbocycles. The maximum atomic E-state index is 4.76. The van der Waals surface area contributed by atoms with Crippen molar-refractivity contribution >= 4 is 17.7 Å². The molecular formula is C21H36N4S. The smallest absolute Gasteiger partial charge is 0.191 e. The second-order valence-electron chi connectivity index (χ2n) is 7.13. The minimum atomic E-state index is 0.515. The number of hydrogen-bond acceptors (Lipinski definition) is 3. The molecule has 1 aliphatic heterocycles. The fourth-order valence-corrected chi connectivity index (χ4v) is 3.96. The van der Waals surface area contributed by atoms with Crippen LogP contribution < -0.4 is 10.6 Å². The molecule has 1 aromatic rings. The zero-order chi connectivity index (χ0) is 18.6. The highest BCUT2D eigenvalue weighted by molar-refractivity contribution is 7.98. The van der Waals surface area contributed by atoms with Crippen LogP contribution >= 0.6 is 11.8 Å². The quantitative estimate of drug-likeness (QED) is 0.391. The maximum absolute atomic E-state index is 4.76. The molecule has 2 unspecified atom stereocenters. The molecule has 2 atom stereocenters. The van der Waals surface area contributed by atoms with Gasteiger partial charge in [0.15, 0.2) is 5.96 Å². The topological polar surface area (TPSA) is 39.7 Å². The van der Waals surface area contributed by atoms with Gasteiger partial charge in [-0.15, -0.1) is 0 Å². The second-order valence-corrected chi connectivity index (χ2v) is 8.12. The normalized spacial score (nSPS) is 21.6. The van der Waals surface area contributed by atoms with Gasteiger partial charge in [0.05, 0.1) is 0 Å². The Labute approximate surface area is 164 Å².